The van der Waals surface area contributed by atoms with Gasteiger partial charge in [0.25, 0.3) is 0 Å². The molecule has 0 aromatic carbocycles. The summed E-state index contributed by atoms with van der Waals surface area (Å²) in [5, 5.41) is 9.27. The number of hydrogen-bond donors (Lipinski definition) is 1. The standard InChI is InChI=1S/C12H11ClN6S/c1-19(2)12-17-10(16-11(15)18-12)7(6-14)5-8-3-4-9(13)20-8/h3-5H,1-2H3,(H2,15,16,17,18)/b7-5+. The lowest BCUT2D eigenvalue weighted by atomic mass is 10.2. The summed E-state index contributed by atoms with van der Waals surface area (Å²) in [5.41, 5.74) is 5.95. The van der Waals surface area contributed by atoms with Gasteiger partial charge < -0.3 is 10.6 Å². The van der Waals surface area contributed by atoms with Gasteiger partial charge in [-0.15, -0.1) is 11.3 Å². The smallest absolute Gasteiger partial charge is 0.230 e. The molecule has 2 rings (SSSR count). The van der Waals surface area contributed by atoms with Crippen molar-refractivity contribution < 1.29 is 0 Å². The van der Waals surface area contributed by atoms with E-state index in [9.17, 15) is 5.26 Å². The lowest BCUT2D eigenvalue weighted by Crippen LogP contribution is -2.15. The van der Waals surface area contributed by atoms with E-state index in [0.29, 0.717) is 15.9 Å². The minimum atomic E-state index is 0.0732. The molecule has 2 N–H and O–H groups in total. The quantitative estimate of drug-likeness (QED) is 0.875. The van der Waals surface area contributed by atoms with Gasteiger partial charge in [-0.3, -0.25) is 0 Å². The van der Waals surface area contributed by atoms with Crippen LogP contribution >= 0.6 is 22.9 Å². The first kappa shape index (κ1) is 14.2. The van der Waals surface area contributed by atoms with Crippen LogP contribution in [0.15, 0.2) is 12.1 Å². The number of nitrogens with zero attached hydrogens (tertiary/aromatic N) is 5. The van der Waals surface area contributed by atoms with Gasteiger partial charge in [-0.1, -0.05) is 11.6 Å². The summed E-state index contributed by atoms with van der Waals surface area (Å²) < 4.78 is 0.651. The predicted molar refractivity (Wildman–Crippen MR) is 81.4 cm³/mol. The van der Waals surface area contributed by atoms with Gasteiger partial charge in [0.05, 0.1) is 9.91 Å². The Balaban J connectivity index is 2.47. The average Bonchev–Trinajstić information content (AvgIpc) is 2.80. The Morgan fingerprint density at radius 1 is 1.40 bits per heavy atom. The molecule has 2 aromatic rings. The molecule has 0 amide bonds. The molecule has 0 radical (unpaired) electrons. The Labute approximate surface area is 125 Å². The van der Waals surface area contributed by atoms with Crippen molar-refractivity contribution in [3.63, 3.8) is 0 Å². The summed E-state index contributed by atoms with van der Waals surface area (Å²) in [4.78, 5) is 14.7. The number of nitriles is 1. The third-order valence-corrected chi connectivity index (χ3v) is 3.46. The van der Waals surface area contributed by atoms with Crippen LogP contribution in [0.3, 0.4) is 0 Å². The minimum absolute atomic E-state index is 0.0732. The molecule has 0 aliphatic carbocycles. The Morgan fingerprint density at radius 3 is 2.70 bits per heavy atom. The third-order valence-electron chi connectivity index (χ3n) is 2.28. The van der Waals surface area contributed by atoms with E-state index in [2.05, 4.69) is 21.0 Å². The molecule has 0 saturated carbocycles. The SMILES string of the molecule is CN(C)c1nc(N)nc(/C(C#N)=C/c2ccc(Cl)s2)n1. The molecule has 0 bridgehead atoms. The second kappa shape index (κ2) is 5.86. The topological polar surface area (TPSA) is 91.7 Å². The van der Waals surface area contributed by atoms with E-state index in [-0.39, 0.29) is 11.8 Å². The number of thiophene rings is 1. The predicted octanol–water partition coefficient (Wildman–Crippen LogP) is 2.30. The first-order valence-corrected chi connectivity index (χ1v) is 6.75. The summed E-state index contributed by atoms with van der Waals surface area (Å²) in [6.45, 7) is 0. The molecule has 20 heavy (non-hydrogen) atoms. The highest BCUT2D eigenvalue weighted by molar-refractivity contribution is 7.17. The molecule has 8 heteroatoms. The minimum Gasteiger partial charge on any atom is -0.368 e. The normalized spacial score (nSPS) is 11.2. The van der Waals surface area contributed by atoms with Gasteiger partial charge in [-0.25, -0.2) is 0 Å². The molecule has 2 heterocycles. The van der Waals surface area contributed by atoms with Crippen LogP contribution in [0.4, 0.5) is 11.9 Å². The molecule has 102 valence electrons. The monoisotopic (exact) mass is 306 g/mol. The molecule has 0 unspecified atom stereocenters. The van der Waals surface area contributed by atoms with Gasteiger partial charge in [0.1, 0.15) is 6.07 Å². The van der Waals surface area contributed by atoms with Crippen molar-refractivity contribution in [3.8, 4) is 6.07 Å². The van der Waals surface area contributed by atoms with Gasteiger partial charge in [0.15, 0.2) is 5.82 Å². The summed E-state index contributed by atoms with van der Waals surface area (Å²) in [7, 11) is 3.57. The van der Waals surface area contributed by atoms with Crippen LogP contribution in [0.25, 0.3) is 11.6 Å². The van der Waals surface area contributed by atoms with Crippen LogP contribution < -0.4 is 10.6 Å². The van der Waals surface area contributed by atoms with Crippen LogP contribution in [-0.4, -0.2) is 29.0 Å². The molecule has 0 aliphatic rings. The van der Waals surface area contributed by atoms with Crippen LogP contribution in [0.2, 0.25) is 4.34 Å². The maximum absolute atomic E-state index is 9.27. The first-order chi connectivity index (χ1) is 9.49. The lowest BCUT2D eigenvalue weighted by Gasteiger charge is -2.10. The number of rotatable bonds is 3. The van der Waals surface area contributed by atoms with E-state index < -0.39 is 0 Å². The van der Waals surface area contributed by atoms with E-state index in [1.54, 1.807) is 31.1 Å². The zero-order valence-corrected chi connectivity index (χ0v) is 12.4. The van der Waals surface area contributed by atoms with Crippen molar-refractivity contribution >= 4 is 46.5 Å². The van der Waals surface area contributed by atoms with Gasteiger partial charge in [-0.2, -0.15) is 20.2 Å². The lowest BCUT2D eigenvalue weighted by molar-refractivity contribution is 0.952. The van der Waals surface area contributed by atoms with E-state index in [1.165, 1.54) is 11.3 Å². The van der Waals surface area contributed by atoms with Crippen molar-refractivity contribution in [1.29, 1.82) is 5.26 Å². The first-order valence-electron chi connectivity index (χ1n) is 5.56. The molecule has 0 atom stereocenters. The second-order valence-corrected chi connectivity index (χ2v) is 5.77. The van der Waals surface area contributed by atoms with Crippen LogP contribution in [0.5, 0.6) is 0 Å². The van der Waals surface area contributed by atoms with Crippen LogP contribution in [0, 0.1) is 11.3 Å². The molecule has 0 saturated heterocycles. The van der Waals surface area contributed by atoms with Gasteiger partial charge in [-0.05, 0) is 18.2 Å². The molecule has 6 nitrogen and oxygen atoms in total. The van der Waals surface area contributed by atoms with E-state index in [0.717, 1.165) is 4.88 Å². The number of hydrogen-bond acceptors (Lipinski definition) is 7. The van der Waals surface area contributed by atoms with Crippen molar-refractivity contribution in [3.05, 3.63) is 27.2 Å². The van der Waals surface area contributed by atoms with E-state index >= 15 is 0 Å². The maximum Gasteiger partial charge on any atom is 0.230 e. The highest BCUT2D eigenvalue weighted by atomic mass is 35.5. The highest BCUT2D eigenvalue weighted by Crippen LogP contribution is 2.25. The summed E-state index contributed by atoms with van der Waals surface area (Å²) in [6.07, 6.45) is 1.67. The number of nitrogen functional groups attached to an aromatic ring is 1. The van der Waals surface area contributed by atoms with Gasteiger partial charge in [0.2, 0.25) is 11.9 Å². The van der Waals surface area contributed by atoms with Crippen molar-refractivity contribution in [2.75, 3.05) is 24.7 Å². The third kappa shape index (κ3) is 3.23. The molecule has 0 spiro atoms. The number of halogens is 1. The fourth-order valence-corrected chi connectivity index (χ4v) is 2.40. The van der Waals surface area contributed by atoms with Crippen molar-refractivity contribution in [2.45, 2.75) is 0 Å². The van der Waals surface area contributed by atoms with E-state index in [1.807, 2.05) is 6.07 Å². The fourth-order valence-electron chi connectivity index (χ4n) is 1.40. The molecule has 0 aliphatic heterocycles. The Bertz CT molecular complexity index is 700. The Morgan fingerprint density at radius 2 is 2.15 bits per heavy atom. The van der Waals surface area contributed by atoms with E-state index in [4.69, 9.17) is 17.3 Å². The van der Waals surface area contributed by atoms with Crippen molar-refractivity contribution in [1.82, 2.24) is 15.0 Å². The molecule has 2 aromatic heterocycles. The number of anilines is 2. The van der Waals surface area contributed by atoms with Gasteiger partial charge >= 0.3 is 0 Å². The number of nitrogens with two attached hydrogens (primary N) is 1. The number of allylic oxidation sites excluding steroid dienone is 1. The average molecular weight is 307 g/mol. The molecular weight excluding hydrogens is 296 g/mol. The van der Waals surface area contributed by atoms with Crippen molar-refractivity contribution in [2.24, 2.45) is 0 Å². The molecule has 0 fully saturated rings. The highest BCUT2D eigenvalue weighted by Gasteiger charge is 2.11. The van der Waals surface area contributed by atoms with Crippen LogP contribution in [-0.2, 0) is 0 Å². The Hall–Kier alpha value is -2.17. The zero-order valence-electron chi connectivity index (χ0n) is 10.8. The molecular formula is C12H11ClN6S. The fraction of sp³-hybridized carbons (Fsp3) is 0.167. The largest absolute Gasteiger partial charge is 0.368 e. The van der Waals surface area contributed by atoms with Crippen LogP contribution in [0.1, 0.15) is 10.7 Å². The second-order valence-electron chi connectivity index (χ2n) is 4.02. The maximum atomic E-state index is 9.27. The number of aromatic nitrogens is 3. The Kier molecular flexibility index (Phi) is 4.17. The summed E-state index contributed by atoms with van der Waals surface area (Å²) >= 11 is 7.23. The summed E-state index contributed by atoms with van der Waals surface area (Å²) in [5.74, 6) is 0.718. The van der Waals surface area contributed by atoms with Gasteiger partial charge in [0, 0.05) is 19.0 Å². The summed E-state index contributed by atoms with van der Waals surface area (Å²) in [6, 6.07) is 5.65. The zero-order chi connectivity index (χ0) is 14.7.